The topological polar surface area (TPSA) is 124 Å². The molecule has 0 unspecified atom stereocenters. The average Bonchev–Trinajstić information content (AvgIpc) is 2.28. The molecule has 0 saturated carbocycles. The number of carboxylic acid groups (broad SMARTS) is 3. The Kier molecular flexibility index (Phi) is 4.25. The lowest BCUT2D eigenvalue weighted by atomic mass is 10.1. The molecular formula is C11H11NO6. The van der Waals surface area contributed by atoms with Crippen molar-refractivity contribution in [1.82, 2.24) is 0 Å². The zero-order chi connectivity index (χ0) is 13.7. The van der Waals surface area contributed by atoms with Crippen LogP contribution < -0.4 is 5.32 Å². The molecule has 4 N–H and O–H groups in total. The van der Waals surface area contributed by atoms with Crippen LogP contribution in [0.4, 0.5) is 5.69 Å². The summed E-state index contributed by atoms with van der Waals surface area (Å²) in [5.74, 6) is -3.51. The molecule has 0 saturated heterocycles. The van der Waals surface area contributed by atoms with Gasteiger partial charge in [0, 0.05) is 12.2 Å². The first-order valence-corrected chi connectivity index (χ1v) is 4.97. The van der Waals surface area contributed by atoms with Gasteiger partial charge in [-0.05, 0) is 18.2 Å². The van der Waals surface area contributed by atoms with Gasteiger partial charge in [0.25, 0.3) is 0 Å². The van der Waals surface area contributed by atoms with Crippen LogP contribution in [0.25, 0.3) is 0 Å². The lowest BCUT2D eigenvalue weighted by molar-refractivity contribution is -0.136. The molecule has 1 aromatic carbocycles. The highest BCUT2D eigenvalue weighted by Gasteiger charge is 2.11. The molecule has 0 heterocycles. The molecule has 0 aliphatic rings. The zero-order valence-electron chi connectivity index (χ0n) is 9.21. The van der Waals surface area contributed by atoms with Crippen molar-refractivity contribution in [3.05, 3.63) is 29.3 Å². The third kappa shape index (κ3) is 3.78. The average molecular weight is 253 g/mol. The molecule has 0 aliphatic heterocycles. The van der Waals surface area contributed by atoms with Gasteiger partial charge in [0.1, 0.15) is 0 Å². The summed E-state index contributed by atoms with van der Waals surface area (Å²) < 4.78 is 0. The smallest absolute Gasteiger partial charge is 0.335 e. The van der Waals surface area contributed by atoms with Gasteiger partial charge in [-0.15, -0.1) is 0 Å². The molecule has 0 spiro atoms. The Morgan fingerprint density at radius 3 is 1.83 bits per heavy atom. The van der Waals surface area contributed by atoms with E-state index in [0.717, 1.165) is 6.07 Å². The number of carbonyl (C=O) groups is 3. The molecule has 96 valence electrons. The van der Waals surface area contributed by atoms with Crippen LogP contribution in [0.2, 0.25) is 0 Å². The molecule has 0 atom stereocenters. The molecule has 0 fully saturated rings. The molecule has 18 heavy (non-hydrogen) atoms. The van der Waals surface area contributed by atoms with Crippen molar-refractivity contribution in [2.24, 2.45) is 0 Å². The van der Waals surface area contributed by atoms with E-state index < -0.39 is 17.9 Å². The van der Waals surface area contributed by atoms with Crippen molar-refractivity contribution >= 4 is 23.6 Å². The standard InChI is InChI=1S/C11H11NO6/c13-9(14)1-2-12-8-4-6(10(15)16)3-7(5-8)11(17)18/h3-5,12H,1-2H2,(H,13,14)(H,15,16)(H,17,18). The van der Waals surface area contributed by atoms with Gasteiger partial charge in [0.05, 0.1) is 17.5 Å². The van der Waals surface area contributed by atoms with Crippen LogP contribution in [0.3, 0.4) is 0 Å². The molecule has 1 rings (SSSR count). The molecular weight excluding hydrogens is 242 g/mol. The third-order valence-corrected chi connectivity index (χ3v) is 2.09. The van der Waals surface area contributed by atoms with Gasteiger partial charge in [-0.3, -0.25) is 4.79 Å². The summed E-state index contributed by atoms with van der Waals surface area (Å²) in [6, 6.07) is 3.53. The number of benzene rings is 1. The quantitative estimate of drug-likeness (QED) is 0.595. The molecule has 7 heteroatoms. The fraction of sp³-hybridized carbons (Fsp3) is 0.182. The predicted molar refractivity (Wildman–Crippen MR) is 61.1 cm³/mol. The van der Waals surface area contributed by atoms with E-state index in [1.54, 1.807) is 0 Å². The molecule has 0 aliphatic carbocycles. The number of anilines is 1. The van der Waals surface area contributed by atoms with Gasteiger partial charge in [-0.25, -0.2) is 9.59 Å². The minimum atomic E-state index is -1.25. The van der Waals surface area contributed by atoms with Gasteiger partial charge in [-0.2, -0.15) is 0 Å². The summed E-state index contributed by atoms with van der Waals surface area (Å²) in [6.07, 6.45) is -0.153. The van der Waals surface area contributed by atoms with Gasteiger partial charge in [0.15, 0.2) is 0 Å². The van der Waals surface area contributed by atoms with E-state index in [0.29, 0.717) is 0 Å². The lowest BCUT2D eigenvalue weighted by Gasteiger charge is -2.07. The first kappa shape index (κ1) is 13.5. The maximum Gasteiger partial charge on any atom is 0.335 e. The Morgan fingerprint density at radius 1 is 0.944 bits per heavy atom. The van der Waals surface area contributed by atoms with Crippen LogP contribution in [-0.4, -0.2) is 39.8 Å². The Bertz CT molecular complexity index is 464. The van der Waals surface area contributed by atoms with E-state index in [2.05, 4.69) is 5.32 Å². The summed E-state index contributed by atoms with van der Waals surface area (Å²) in [7, 11) is 0. The van der Waals surface area contributed by atoms with Crippen molar-refractivity contribution in [2.75, 3.05) is 11.9 Å². The number of nitrogens with one attached hydrogen (secondary N) is 1. The number of hydrogen-bond donors (Lipinski definition) is 4. The largest absolute Gasteiger partial charge is 0.481 e. The second-order valence-electron chi connectivity index (χ2n) is 3.48. The van der Waals surface area contributed by atoms with E-state index in [-0.39, 0.29) is 29.8 Å². The third-order valence-electron chi connectivity index (χ3n) is 2.09. The number of aliphatic carboxylic acids is 1. The van der Waals surface area contributed by atoms with Crippen molar-refractivity contribution in [3.8, 4) is 0 Å². The van der Waals surface area contributed by atoms with E-state index in [9.17, 15) is 14.4 Å². The minimum absolute atomic E-state index is 0.0808. The van der Waals surface area contributed by atoms with Crippen LogP contribution in [-0.2, 0) is 4.79 Å². The fourth-order valence-corrected chi connectivity index (χ4v) is 1.29. The molecule has 0 aromatic heterocycles. The molecule has 1 aromatic rings. The normalized spacial score (nSPS) is 9.78. The van der Waals surface area contributed by atoms with E-state index in [4.69, 9.17) is 15.3 Å². The first-order chi connectivity index (χ1) is 8.40. The highest BCUT2D eigenvalue weighted by Crippen LogP contribution is 2.15. The second kappa shape index (κ2) is 5.67. The van der Waals surface area contributed by atoms with E-state index in [1.165, 1.54) is 12.1 Å². The number of rotatable bonds is 6. The summed E-state index contributed by atoms with van der Waals surface area (Å²) in [4.78, 5) is 31.9. The van der Waals surface area contributed by atoms with Crippen molar-refractivity contribution in [2.45, 2.75) is 6.42 Å². The number of aromatic carboxylic acids is 2. The lowest BCUT2D eigenvalue weighted by Crippen LogP contribution is -2.10. The Morgan fingerprint density at radius 2 is 1.44 bits per heavy atom. The van der Waals surface area contributed by atoms with Crippen LogP contribution in [0.5, 0.6) is 0 Å². The maximum atomic E-state index is 10.8. The van der Waals surface area contributed by atoms with Crippen molar-refractivity contribution in [3.63, 3.8) is 0 Å². The van der Waals surface area contributed by atoms with Gasteiger partial charge in [-0.1, -0.05) is 0 Å². The van der Waals surface area contributed by atoms with Crippen LogP contribution in [0.1, 0.15) is 27.1 Å². The minimum Gasteiger partial charge on any atom is -0.481 e. The number of hydrogen-bond acceptors (Lipinski definition) is 4. The van der Waals surface area contributed by atoms with Crippen LogP contribution in [0, 0.1) is 0 Å². The van der Waals surface area contributed by atoms with Crippen molar-refractivity contribution < 1.29 is 29.7 Å². The molecule has 7 nitrogen and oxygen atoms in total. The van der Waals surface area contributed by atoms with Gasteiger partial charge >= 0.3 is 17.9 Å². The fourth-order valence-electron chi connectivity index (χ4n) is 1.29. The van der Waals surface area contributed by atoms with Crippen molar-refractivity contribution in [1.29, 1.82) is 0 Å². The van der Waals surface area contributed by atoms with E-state index in [1.807, 2.05) is 0 Å². The van der Waals surface area contributed by atoms with Gasteiger partial charge in [0.2, 0.25) is 0 Å². The number of carboxylic acids is 3. The second-order valence-corrected chi connectivity index (χ2v) is 3.48. The summed E-state index contributed by atoms with van der Waals surface area (Å²) in [5, 5.41) is 28.7. The monoisotopic (exact) mass is 253 g/mol. The SMILES string of the molecule is O=C(O)CCNc1cc(C(=O)O)cc(C(=O)O)c1. The highest BCUT2D eigenvalue weighted by atomic mass is 16.4. The summed E-state index contributed by atoms with van der Waals surface area (Å²) in [5.41, 5.74) is -0.0889. The molecule has 0 radical (unpaired) electrons. The molecule has 0 amide bonds. The first-order valence-electron chi connectivity index (χ1n) is 4.97. The van der Waals surface area contributed by atoms with Crippen LogP contribution in [0.15, 0.2) is 18.2 Å². The Labute approximate surface area is 102 Å². The molecule has 0 bridgehead atoms. The summed E-state index contributed by atoms with van der Waals surface area (Å²) >= 11 is 0. The summed E-state index contributed by atoms with van der Waals surface area (Å²) in [6.45, 7) is 0.0808. The Balaban J connectivity index is 2.93. The van der Waals surface area contributed by atoms with E-state index >= 15 is 0 Å². The predicted octanol–water partition coefficient (Wildman–Crippen LogP) is 0.970. The Hall–Kier alpha value is -2.57. The van der Waals surface area contributed by atoms with Crippen LogP contribution >= 0.6 is 0 Å². The van der Waals surface area contributed by atoms with Gasteiger partial charge < -0.3 is 20.6 Å². The maximum absolute atomic E-state index is 10.8. The highest BCUT2D eigenvalue weighted by molar-refractivity contribution is 5.95. The zero-order valence-corrected chi connectivity index (χ0v) is 9.21.